The number of carbonyl (C=O) groups is 1. The number of carbonyl (C=O) groups excluding carboxylic acids is 1. The monoisotopic (exact) mass is 366 g/mol. The van der Waals surface area contributed by atoms with E-state index < -0.39 is 12.8 Å². The molecule has 1 aliphatic rings. The number of hydrogen-bond acceptors (Lipinski definition) is 3. The highest BCUT2D eigenvalue weighted by Gasteiger charge is 2.28. The number of benzene rings is 1. The number of amides is 1. The lowest BCUT2D eigenvalue weighted by Crippen LogP contribution is -2.47. The first-order valence-corrected chi connectivity index (χ1v) is 7.68. The summed E-state index contributed by atoms with van der Waals surface area (Å²) in [6.07, 6.45) is -1.42. The van der Waals surface area contributed by atoms with Gasteiger partial charge in [-0.1, -0.05) is 18.6 Å². The molecule has 1 saturated heterocycles. The Morgan fingerprint density at radius 1 is 1.33 bits per heavy atom. The molecule has 2 N–H and O–H groups in total. The molecule has 8 heteroatoms. The van der Waals surface area contributed by atoms with E-state index in [1.807, 2.05) is 6.92 Å². The van der Waals surface area contributed by atoms with Crippen molar-refractivity contribution >= 4 is 18.3 Å². The second-order valence-corrected chi connectivity index (χ2v) is 5.71. The highest BCUT2D eigenvalue weighted by molar-refractivity contribution is 5.85. The van der Waals surface area contributed by atoms with Crippen LogP contribution in [0.3, 0.4) is 0 Å². The molecule has 136 valence electrons. The topological polar surface area (TPSA) is 50.4 Å². The van der Waals surface area contributed by atoms with Gasteiger partial charge in [0.15, 0.2) is 6.61 Å². The summed E-state index contributed by atoms with van der Waals surface area (Å²) in [5, 5.41) is 6.10. The van der Waals surface area contributed by atoms with Crippen molar-refractivity contribution in [3.05, 3.63) is 29.8 Å². The van der Waals surface area contributed by atoms with Crippen molar-refractivity contribution in [2.45, 2.75) is 44.4 Å². The Kier molecular flexibility index (Phi) is 7.83. The number of piperidine rings is 1. The zero-order valence-corrected chi connectivity index (χ0v) is 14.2. The van der Waals surface area contributed by atoms with Gasteiger partial charge < -0.3 is 15.4 Å². The van der Waals surface area contributed by atoms with Crippen LogP contribution in [-0.4, -0.2) is 31.3 Å². The van der Waals surface area contributed by atoms with Gasteiger partial charge in [-0.3, -0.25) is 4.79 Å². The molecule has 1 fully saturated rings. The minimum atomic E-state index is -4.35. The van der Waals surface area contributed by atoms with Crippen LogP contribution in [0.4, 0.5) is 13.2 Å². The molecule has 2 unspecified atom stereocenters. The largest absolute Gasteiger partial charge is 0.484 e. The average Bonchev–Trinajstić information content (AvgIpc) is 2.53. The average molecular weight is 367 g/mol. The quantitative estimate of drug-likeness (QED) is 0.840. The predicted octanol–water partition coefficient (Wildman–Crippen LogP) is 3.37. The molecule has 24 heavy (non-hydrogen) atoms. The molecule has 2 atom stereocenters. The van der Waals surface area contributed by atoms with E-state index in [0.717, 1.165) is 31.4 Å². The molecule has 0 aliphatic carbocycles. The van der Waals surface area contributed by atoms with Crippen LogP contribution in [0.25, 0.3) is 0 Å². The summed E-state index contributed by atoms with van der Waals surface area (Å²) < 4.78 is 40.9. The lowest BCUT2D eigenvalue weighted by molar-refractivity contribution is -0.153. The normalized spacial score (nSPS) is 19.1. The second kappa shape index (κ2) is 9.13. The van der Waals surface area contributed by atoms with Crippen molar-refractivity contribution in [3.8, 4) is 5.75 Å². The van der Waals surface area contributed by atoms with Gasteiger partial charge in [0, 0.05) is 0 Å². The molecular weight excluding hydrogens is 345 g/mol. The second-order valence-electron chi connectivity index (χ2n) is 5.71. The van der Waals surface area contributed by atoms with Gasteiger partial charge in [0.1, 0.15) is 5.75 Å². The first-order chi connectivity index (χ1) is 10.8. The van der Waals surface area contributed by atoms with E-state index >= 15 is 0 Å². The number of alkyl halides is 3. The van der Waals surface area contributed by atoms with Gasteiger partial charge in [0.2, 0.25) is 5.91 Å². The van der Waals surface area contributed by atoms with Crippen LogP contribution in [0.1, 0.15) is 37.8 Å². The predicted molar refractivity (Wildman–Crippen MR) is 87.4 cm³/mol. The minimum Gasteiger partial charge on any atom is -0.484 e. The number of ether oxygens (including phenoxy) is 1. The lowest BCUT2D eigenvalue weighted by Gasteiger charge is -2.24. The summed E-state index contributed by atoms with van der Waals surface area (Å²) in [6, 6.07) is 5.88. The van der Waals surface area contributed by atoms with Crippen LogP contribution in [-0.2, 0) is 4.79 Å². The molecule has 4 nitrogen and oxygen atoms in total. The number of hydrogen-bond donors (Lipinski definition) is 2. The van der Waals surface area contributed by atoms with Gasteiger partial charge >= 0.3 is 6.18 Å². The zero-order valence-electron chi connectivity index (χ0n) is 13.4. The number of rotatable bonds is 5. The first kappa shape index (κ1) is 20.6. The van der Waals surface area contributed by atoms with E-state index in [1.54, 1.807) is 12.1 Å². The zero-order chi connectivity index (χ0) is 16.9. The molecule has 2 rings (SSSR count). The van der Waals surface area contributed by atoms with E-state index in [4.69, 9.17) is 0 Å². The van der Waals surface area contributed by atoms with Crippen LogP contribution in [0.5, 0.6) is 5.75 Å². The fraction of sp³-hybridized carbons (Fsp3) is 0.562. The summed E-state index contributed by atoms with van der Waals surface area (Å²) >= 11 is 0. The number of nitrogens with one attached hydrogen (secondary N) is 2. The number of halogens is 4. The maximum Gasteiger partial charge on any atom is 0.422 e. The van der Waals surface area contributed by atoms with Gasteiger partial charge in [-0.15, -0.1) is 12.4 Å². The van der Waals surface area contributed by atoms with Crippen LogP contribution in [0.15, 0.2) is 24.3 Å². The van der Waals surface area contributed by atoms with E-state index in [9.17, 15) is 18.0 Å². The molecule has 0 radical (unpaired) electrons. The molecular formula is C16H22ClF3N2O2. The highest BCUT2D eigenvalue weighted by atomic mass is 35.5. The van der Waals surface area contributed by atoms with E-state index in [2.05, 4.69) is 15.4 Å². The molecule has 1 amide bonds. The van der Waals surface area contributed by atoms with Crippen LogP contribution in [0.2, 0.25) is 0 Å². The Labute approximate surface area is 145 Å². The fourth-order valence-electron chi connectivity index (χ4n) is 2.49. The van der Waals surface area contributed by atoms with Crippen LogP contribution in [0, 0.1) is 0 Å². The first-order valence-electron chi connectivity index (χ1n) is 7.68. The Balaban J connectivity index is 0.00000288. The van der Waals surface area contributed by atoms with Gasteiger partial charge in [0.25, 0.3) is 0 Å². The summed E-state index contributed by atoms with van der Waals surface area (Å²) in [5.74, 6) is 0.105. The summed E-state index contributed by atoms with van der Waals surface area (Å²) in [6.45, 7) is 1.37. The highest BCUT2D eigenvalue weighted by Crippen LogP contribution is 2.21. The van der Waals surface area contributed by atoms with Gasteiger partial charge in [-0.2, -0.15) is 13.2 Å². The Morgan fingerprint density at radius 3 is 2.54 bits per heavy atom. The maximum absolute atomic E-state index is 12.1. The third-order valence-corrected chi connectivity index (χ3v) is 3.77. The van der Waals surface area contributed by atoms with Crippen molar-refractivity contribution < 1.29 is 22.7 Å². The molecule has 1 aromatic rings. The Morgan fingerprint density at radius 2 is 2.00 bits per heavy atom. The van der Waals surface area contributed by atoms with Crippen molar-refractivity contribution in [1.29, 1.82) is 0 Å². The van der Waals surface area contributed by atoms with Gasteiger partial charge in [0.05, 0.1) is 12.1 Å². The van der Waals surface area contributed by atoms with E-state index in [1.165, 1.54) is 12.1 Å². The smallest absolute Gasteiger partial charge is 0.422 e. The molecule has 0 aromatic heterocycles. The molecule has 1 heterocycles. The lowest BCUT2D eigenvalue weighted by atomic mass is 10.0. The van der Waals surface area contributed by atoms with Crippen LogP contribution < -0.4 is 15.4 Å². The molecule has 0 spiro atoms. The van der Waals surface area contributed by atoms with E-state index in [-0.39, 0.29) is 36.1 Å². The molecule has 1 aromatic carbocycles. The standard InChI is InChI=1S/C16H21F3N2O2.ClH/c1-11(21-15(22)14-4-2-3-9-20-14)12-5-7-13(8-6-12)23-10-16(17,18)19;/h5-8,11,14,20H,2-4,9-10H2,1H3,(H,21,22);1H. The van der Waals surface area contributed by atoms with Crippen molar-refractivity contribution in [2.24, 2.45) is 0 Å². The third kappa shape index (κ3) is 6.57. The van der Waals surface area contributed by atoms with Crippen molar-refractivity contribution in [2.75, 3.05) is 13.2 Å². The molecule has 1 aliphatic heterocycles. The van der Waals surface area contributed by atoms with Crippen molar-refractivity contribution in [1.82, 2.24) is 10.6 Å². The Bertz CT molecular complexity index is 517. The Hall–Kier alpha value is -1.47. The fourth-order valence-corrected chi connectivity index (χ4v) is 2.49. The van der Waals surface area contributed by atoms with Crippen molar-refractivity contribution in [3.63, 3.8) is 0 Å². The minimum absolute atomic E-state index is 0. The third-order valence-electron chi connectivity index (χ3n) is 3.77. The van der Waals surface area contributed by atoms with Crippen LogP contribution >= 0.6 is 12.4 Å². The molecule has 0 bridgehead atoms. The molecule has 0 saturated carbocycles. The maximum atomic E-state index is 12.1. The van der Waals surface area contributed by atoms with Gasteiger partial charge in [-0.05, 0) is 44.0 Å². The SMILES string of the molecule is CC(NC(=O)C1CCCCN1)c1ccc(OCC(F)(F)F)cc1.Cl. The summed E-state index contributed by atoms with van der Waals surface area (Å²) in [4.78, 5) is 12.1. The summed E-state index contributed by atoms with van der Waals surface area (Å²) in [7, 11) is 0. The van der Waals surface area contributed by atoms with Gasteiger partial charge in [-0.25, -0.2) is 0 Å². The van der Waals surface area contributed by atoms with E-state index in [0.29, 0.717) is 0 Å². The summed E-state index contributed by atoms with van der Waals surface area (Å²) in [5.41, 5.74) is 0.813.